The van der Waals surface area contributed by atoms with Crippen LogP contribution < -0.4 is 21.3 Å². The van der Waals surface area contributed by atoms with Gasteiger partial charge in [-0.3, -0.25) is 14.7 Å². The van der Waals surface area contributed by atoms with Gasteiger partial charge >= 0.3 is 6.09 Å². The van der Waals surface area contributed by atoms with E-state index in [0.717, 1.165) is 0 Å². The second-order valence-electron chi connectivity index (χ2n) is 10.1. The van der Waals surface area contributed by atoms with Gasteiger partial charge in [-0.15, -0.1) is 0 Å². The zero-order valence-corrected chi connectivity index (χ0v) is 23.2. The number of carbonyl (C=O) groups is 2. The van der Waals surface area contributed by atoms with Gasteiger partial charge in [-0.1, -0.05) is 20.8 Å². The lowest BCUT2D eigenvalue weighted by Crippen LogP contribution is -2.56. The SMILES string of the molecule is CC(C)(C)[Si](C)(C)O[C@H]1CNC[C@@H](N(C(=O)O)c2ccncc2NC(=O)c2nc(Br)ccc2N)C1. The third kappa shape index (κ3) is 6.37. The number of amides is 2. The van der Waals surface area contributed by atoms with Crippen LogP contribution in [0.25, 0.3) is 0 Å². The average molecular weight is 566 g/mol. The first kappa shape index (κ1) is 27.1. The number of piperidine rings is 1. The molecular formula is C23H33BrN6O4Si. The quantitative estimate of drug-likeness (QED) is 0.300. The van der Waals surface area contributed by atoms with Gasteiger partial charge in [-0.2, -0.15) is 0 Å². The van der Waals surface area contributed by atoms with E-state index in [1.54, 1.807) is 18.2 Å². The highest BCUT2D eigenvalue weighted by Gasteiger charge is 2.41. The molecule has 3 rings (SSSR count). The molecule has 0 aromatic carbocycles. The normalized spacial score (nSPS) is 18.7. The third-order valence-corrected chi connectivity index (χ3v) is 11.5. The van der Waals surface area contributed by atoms with Crippen LogP contribution in [-0.2, 0) is 4.43 Å². The lowest BCUT2D eigenvalue weighted by molar-refractivity contribution is 0.102. The van der Waals surface area contributed by atoms with Crippen molar-refractivity contribution in [1.29, 1.82) is 0 Å². The number of aromatic nitrogens is 2. The van der Waals surface area contributed by atoms with E-state index in [1.807, 2.05) is 0 Å². The minimum absolute atomic E-state index is 0.0261. The van der Waals surface area contributed by atoms with E-state index in [2.05, 4.69) is 70.4 Å². The Labute approximate surface area is 214 Å². The van der Waals surface area contributed by atoms with Crippen LogP contribution in [0.5, 0.6) is 0 Å². The van der Waals surface area contributed by atoms with Crippen molar-refractivity contribution in [2.75, 3.05) is 29.0 Å². The molecule has 3 heterocycles. The van der Waals surface area contributed by atoms with Gasteiger partial charge in [-0.05, 0) is 58.7 Å². The Morgan fingerprint density at radius 2 is 2.00 bits per heavy atom. The zero-order chi connectivity index (χ0) is 26.0. The van der Waals surface area contributed by atoms with Crippen molar-refractivity contribution in [3.8, 4) is 0 Å². The molecule has 0 aliphatic carbocycles. The second-order valence-corrected chi connectivity index (χ2v) is 15.7. The number of nitrogen functional groups attached to an aromatic ring is 1. The lowest BCUT2D eigenvalue weighted by atomic mass is 10.0. The molecule has 35 heavy (non-hydrogen) atoms. The summed E-state index contributed by atoms with van der Waals surface area (Å²) in [4.78, 5) is 34.9. The summed E-state index contributed by atoms with van der Waals surface area (Å²) in [5.74, 6) is -0.565. The molecule has 0 unspecified atom stereocenters. The Morgan fingerprint density at radius 1 is 1.29 bits per heavy atom. The third-order valence-electron chi connectivity index (χ3n) is 6.54. The van der Waals surface area contributed by atoms with Crippen molar-refractivity contribution < 1.29 is 19.1 Å². The van der Waals surface area contributed by atoms with Crippen molar-refractivity contribution in [3.05, 3.63) is 40.9 Å². The van der Waals surface area contributed by atoms with Crippen LogP contribution in [0.15, 0.2) is 35.2 Å². The number of nitrogens with one attached hydrogen (secondary N) is 2. The average Bonchev–Trinajstić information content (AvgIpc) is 2.75. The molecule has 2 amide bonds. The van der Waals surface area contributed by atoms with Gasteiger partial charge in [0.1, 0.15) is 4.60 Å². The van der Waals surface area contributed by atoms with E-state index in [4.69, 9.17) is 10.2 Å². The molecule has 5 N–H and O–H groups in total. The predicted molar refractivity (Wildman–Crippen MR) is 142 cm³/mol. The van der Waals surface area contributed by atoms with E-state index in [0.29, 0.717) is 29.8 Å². The number of anilines is 3. The molecule has 0 spiro atoms. The maximum absolute atomic E-state index is 12.9. The molecule has 0 bridgehead atoms. The van der Waals surface area contributed by atoms with Crippen LogP contribution in [0.2, 0.25) is 18.1 Å². The van der Waals surface area contributed by atoms with Crippen LogP contribution in [0.4, 0.5) is 21.9 Å². The Morgan fingerprint density at radius 3 is 2.66 bits per heavy atom. The number of rotatable bonds is 6. The van der Waals surface area contributed by atoms with Gasteiger partial charge < -0.3 is 25.9 Å². The van der Waals surface area contributed by atoms with Gasteiger partial charge in [0, 0.05) is 19.3 Å². The number of carboxylic acid groups (broad SMARTS) is 1. The van der Waals surface area contributed by atoms with Crippen LogP contribution in [0.1, 0.15) is 37.7 Å². The standard InChI is InChI=1S/C23H33BrN6O4Si/c1-23(2,3)35(4,5)34-15-10-14(11-27-12-15)30(22(32)33)18-8-9-26-13-17(18)28-21(31)20-16(25)6-7-19(24)29-20/h6-9,13-15,27H,10-12,25H2,1-5H3,(H,28,31)(H,32,33)/t14-,15+/m0/s1. The number of nitrogens with zero attached hydrogens (tertiary/aromatic N) is 3. The molecular weight excluding hydrogens is 532 g/mol. The molecule has 2 aromatic heterocycles. The Balaban J connectivity index is 1.86. The maximum atomic E-state index is 12.9. The zero-order valence-electron chi connectivity index (χ0n) is 20.6. The number of nitrogens with two attached hydrogens (primary N) is 1. The lowest BCUT2D eigenvalue weighted by Gasteiger charge is -2.43. The van der Waals surface area contributed by atoms with E-state index < -0.39 is 26.4 Å². The van der Waals surface area contributed by atoms with Crippen LogP contribution in [-0.4, -0.2) is 60.6 Å². The minimum atomic E-state index is -2.04. The number of hydrogen-bond acceptors (Lipinski definition) is 7. The number of halogens is 1. The summed E-state index contributed by atoms with van der Waals surface area (Å²) < 4.78 is 7.02. The second kappa shape index (κ2) is 10.6. The monoisotopic (exact) mass is 564 g/mol. The molecule has 1 aliphatic rings. The molecule has 0 radical (unpaired) electrons. The highest BCUT2D eigenvalue weighted by Crippen LogP contribution is 2.38. The molecule has 190 valence electrons. The van der Waals surface area contributed by atoms with Gasteiger partial charge in [0.25, 0.3) is 5.91 Å². The first-order chi connectivity index (χ1) is 16.3. The maximum Gasteiger partial charge on any atom is 0.412 e. The van der Waals surface area contributed by atoms with E-state index in [1.165, 1.54) is 17.3 Å². The van der Waals surface area contributed by atoms with Crippen molar-refractivity contribution in [2.45, 2.75) is 57.5 Å². The van der Waals surface area contributed by atoms with Gasteiger partial charge in [0.05, 0.1) is 35.4 Å². The van der Waals surface area contributed by atoms with Crippen molar-refractivity contribution >= 4 is 53.3 Å². The fraction of sp³-hybridized carbons (Fsp3) is 0.478. The fourth-order valence-corrected chi connectivity index (χ4v) is 5.40. The van der Waals surface area contributed by atoms with Crippen LogP contribution >= 0.6 is 15.9 Å². The molecule has 1 fully saturated rings. The summed E-state index contributed by atoms with van der Waals surface area (Å²) in [6.45, 7) is 12.0. The highest BCUT2D eigenvalue weighted by molar-refractivity contribution is 9.10. The first-order valence-corrected chi connectivity index (χ1v) is 15.1. The van der Waals surface area contributed by atoms with Crippen molar-refractivity contribution in [2.24, 2.45) is 0 Å². The smallest absolute Gasteiger partial charge is 0.412 e. The predicted octanol–water partition coefficient (Wildman–Crippen LogP) is 4.31. The molecule has 12 heteroatoms. The summed E-state index contributed by atoms with van der Waals surface area (Å²) in [7, 11) is -2.04. The Hall–Kier alpha value is -2.54. The molecule has 1 saturated heterocycles. The summed E-state index contributed by atoms with van der Waals surface area (Å²) in [6.07, 6.45) is 2.18. The summed E-state index contributed by atoms with van der Waals surface area (Å²) in [5.41, 5.74) is 6.71. The molecule has 10 nitrogen and oxygen atoms in total. The highest BCUT2D eigenvalue weighted by atomic mass is 79.9. The molecule has 1 aliphatic heterocycles. The van der Waals surface area contributed by atoms with Gasteiger partial charge in [0.15, 0.2) is 14.0 Å². The number of pyridine rings is 2. The Bertz CT molecular complexity index is 1090. The molecule has 2 aromatic rings. The number of hydrogen-bond donors (Lipinski definition) is 4. The number of carbonyl (C=O) groups excluding carboxylic acids is 1. The molecule has 2 atom stereocenters. The van der Waals surface area contributed by atoms with Crippen molar-refractivity contribution in [3.63, 3.8) is 0 Å². The van der Waals surface area contributed by atoms with Crippen LogP contribution in [0.3, 0.4) is 0 Å². The van der Waals surface area contributed by atoms with Gasteiger partial charge in [0.2, 0.25) is 0 Å². The minimum Gasteiger partial charge on any atom is -0.465 e. The van der Waals surface area contributed by atoms with Crippen molar-refractivity contribution in [1.82, 2.24) is 15.3 Å². The largest absolute Gasteiger partial charge is 0.465 e. The van der Waals surface area contributed by atoms with Crippen LogP contribution in [0, 0.1) is 0 Å². The van der Waals surface area contributed by atoms with Gasteiger partial charge in [-0.25, -0.2) is 9.78 Å². The Kier molecular flexibility index (Phi) is 8.20. The summed E-state index contributed by atoms with van der Waals surface area (Å²) in [5, 5.41) is 16.3. The summed E-state index contributed by atoms with van der Waals surface area (Å²) in [6, 6.07) is 4.37. The first-order valence-electron chi connectivity index (χ1n) is 11.4. The van der Waals surface area contributed by atoms with E-state index in [9.17, 15) is 14.7 Å². The van der Waals surface area contributed by atoms with E-state index in [-0.39, 0.29) is 28.2 Å². The summed E-state index contributed by atoms with van der Waals surface area (Å²) >= 11 is 3.24. The fourth-order valence-electron chi connectivity index (χ4n) is 3.72. The topological polar surface area (TPSA) is 143 Å². The van der Waals surface area contributed by atoms with E-state index >= 15 is 0 Å². The molecule has 0 saturated carbocycles.